The van der Waals surface area contributed by atoms with E-state index in [2.05, 4.69) is 104 Å². The molecule has 350 valence electrons. The Morgan fingerprint density at radius 3 is 1.52 bits per heavy atom. The SMILES string of the molecule is CC/C=C\C/C=C\C/C=C\C/C=C\C/C=C\C/C=C\CCCCC(=O)NC(COP(=O)([O-])OCC[N+](C)(C)C)C(O)/C=C/CC/C=C/CCCCCCCCCCCCCC. The lowest BCUT2D eigenvalue weighted by Gasteiger charge is -2.29. The Balaban J connectivity index is 4.53. The summed E-state index contributed by atoms with van der Waals surface area (Å²) in [6.07, 6.45) is 60.4. The normalized spacial score (nSPS) is 15.1. The zero-order chi connectivity index (χ0) is 45.0. The summed E-state index contributed by atoms with van der Waals surface area (Å²) in [7, 11) is 1.20. The molecule has 61 heavy (non-hydrogen) atoms. The number of aliphatic hydroxyl groups is 1. The fourth-order valence-corrected chi connectivity index (χ4v) is 6.95. The molecule has 3 unspecified atom stereocenters. The Kier molecular flexibility index (Phi) is 40.9. The number of rotatable bonds is 42. The van der Waals surface area contributed by atoms with E-state index < -0.39 is 26.6 Å². The van der Waals surface area contributed by atoms with Crippen LogP contribution in [0.1, 0.15) is 174 Å². The van der Waals surface area contributed by atoms with Gasteiger partial charge < -0.3 is 28.8 Å². The van der Waals surface area contributed by atoms with Gasteiger partial charge in [-0.1, -0.05) is 182 Å². The smallest absolute Gasteiger partial charge is 0.268 e. The summed E-state index contributed by atoms with van der Waals surface area (Å²) >= 11 is 0. The van der Waals surface area contributed by atoms with Gasteiger partial charge >= 0.3 is 0 Å². The molecule has 0 bridgehead atoms. The van der Waals surface area contributed by atoms with Crippen molar-refractivity contribution in [2.45, 2.75) is 187 Å². The van der Waals surface area contributed by atoms with E-state index in [0.717, 1.165) is 70.6 Å². The molecule has 0 aromatic heterocycles. The van der Waals surface area contributed by atoms with E-state index in [4.69, 9.17) is 9.05 Å². The van der Waals surface area contributed by atoms with Crippen LogP contribution < -0.4 is 10.2 Å². The van der Waals surface area contributed by atoms with Gasteiger partial charge in [0.2, 0.25) is 5.91 Å². The van der Waals surface area contributed by atoms with Crippen LogP contribution in [-0.4, -0.2) is 68.5 Å². The first-order chi connectivity index (χ1) is 29.5. The Morgan fingerprint density at radius 2 is 1.02 bits per heavy atom. The van der Waals surface area contributed by atoms with Gasteiger partial charge in [-0.15, -0.1) is 0 Å². The second-order valence-corrected chi connectivity index (χ2v) is 18.5. The molecule has 0 aliphatic rings. The van der Waals surface area contributed by atoms with E-state index in [1.165, 1.54) is 77.0 Å². The second-order valence-electron chi connectivity index (χ2n) is 17.1. The third-order valence-corrected chi connectivity index (χ3v) is 11.0. The third kappa shape index (κ3) is 45.3. The van der Waals surface area contributed by atoms with E-state index in [1.54, 1.807) is 6.08 Å². The molecule has 0 heterocycles. The predicted molar refractivity (Wildman–Crippen MR) is 260 cm³/mol. The summed E-state index contributed by atoms with van der Waals surface area (Å²) in [4.78, 5) is 25.3. The van der Waals surface area contributed by atoms with E-state index >= 15 is 0 Å². The zero-order valence-electron chi connectivity index (χ0n) is 39.6. The monoisotopic (exact) mass is 871 g/mol. The highest BCUT2D eigenvalue weighted by atomic mass is 31.2. The van der Waals surface area contributed by atoms with E-state index in [1.807, 2.05) is 27.2 Å². The van der Waals surface area contributed by atoms with E-state index in [0.29, 0.717) is 17.4 Å². The van der Waals surface area contributed by atoms with Gasteiger partial charge in [0.1, 0.15) is 13.2 Å². The predicted octanol–water partition coefficient (Wildman–Crippen LogP) is 13.3. The van der Waals surface area contributed by atoms with Gasteiger partial charge in [0.05, 0.1) is 39.9 Å². The number of carbonyl (C=O) groups is 1. The summed E-state index contributed by atoms with van der Waals surface area (Å²) < 4.78 is 23.2. The van der Waals surface area contributed by atoms with Crippen LogP contribution in [0.15, 0.2) is 97.2 Å². The van der Waals surface area contributed by atoms with Crippen LogP contribution in [0.25, 0.3) is 0 Å². The number of hydrogen-bond donors (Lipinski definition) is 2. The molecule has 2 N–H and O–H groups in total. The molecule has 0 saturated heterocycles. The molecule has 3 atom stereocenters. The molecule has 0 spiro atoms. The van der Waals surface area contributed by atoms with Crippen LogP contribution in [0.5, 0.6) is 0 Å². The van der Waals surface area contributed by atoms with Crippen LogP contribution >= 0.6 is 7.82 Å². The highest BCUT2D eigenvalue weighted by molar-refractivity contribution is 7.45. The number of likely N-dealkylation sites (N-methyl/N-ethyl adjacent to an activating group) is 1. The van der Waals surface area contributed by atoms with Crippen molar-refractivity contribution in [1.82, 2.24) is 5.32 Å². The molecule has 8 nitrogen and oxygen atoms in total. The fourth-order valence-electron chi connectivity index (χ4n) is 6.23. The van der Waals surface area contributed by atoms with Crippen molar-refractivity contribution in [3.8, 4) is 0 Å². The lowest BCUT2D eigenvalue weighted by molar-refractivity contribution is -0.870. The highest BCUT2D eigenvalue weighted by Crippen LogP contribution is 2.38. The number of nitrogens with zero attached hydrogens (tertiary/aromatic N) is 1. The molecule has 0 radical (unpaired) electrons. The fraction of sp³-hybridized carbons (Fsp3) is 0.673. The number of allylic oxidation sites excluding steroid dienone is 15. The Bertz CT molecular complexity index is 1310. The van der Waals surface area contributed by atoms with Gasteiger partial charge in [-0.05, 0) is 83.5 Å². The standard InChI is InChI=1S/C52H91N2O6P/c1-6-8-10-12-14-16-18-20-22-24-26-27-28-30-32-34-36-38-40-42-44-46-52(56)53-50(49-60-61(57,58)59-48-47-54(3,4)5)51(55)45-43-41-39-37-35-33-31-29-25-23-21-19-17-15-13-11-9-7-2/h8,10,14,16,20,22,26-27,30,32,35-38,43,45,50-51,55H,6-7,9,11-13,15,17-19,21,23-25,28-29,31,33-34,39-42,44,46-49H2,1-5H3,(H-,53,56,57,58)/b10-8-,16-14-,22-20-,27-26-,32-30-,37-35+,38-36-,45-43+. The van der Waals surface area contributed by atoms with Crippen LogP contribution in [0.2, 0.25) is 0 Å². The molecule has 9 heteroatoms. The Hall–Kier alpha value is -2.58. The largest absolute Gasteiger partial charge is 0.756 e. The molecule has 0 aliphatic heterocycles. The maximum Gasteiger partial charge on any atom is 0.268 e. The lowest BCUT2D eigenvalue weighted by Crippen LogP contribution is -2.45. The summed E-state index contributed by atoms with van der Waals surface area (Å²) in [6.45, 7) is 4.46. The number of nitrogens with one attached hydrogen (secondary N) is 1. The Morgan fingerprint density at radius 1 is 0.590 bits per heavy atom. The molecular formula is C52H91N2O6P. The number of carbonyl (C=O) groups excluding carboxylic acids is 1. The zero-order valence-corrected chi connectivity index (χ0v) is 40.5. The number of phosphoric acid groups is 1. The summed E-state index contributed by atoms with van der Waals surface area (Å²) in [5.74, 6) is -0.253. The van der Waals surface area contributed by atoms with Crippen molar-refractivity contribution in [3.05, 3.63) is 97.2 Å². The van der Waals surface area contributed by atoms with Crippen LogP contribution in [0.3, 0.4) is 0 Å². The van der Waals surface area contributed by atoms with Gasteiger partial charge in [-0.25, -0.2) is 0 Å². The molecule has 0 aliphatic carbocycles. The van der Waals surface area contributed by atoms with Crippen molar-refractivity contribution in [1.29, 1.82) is 0 Å². The highest BCUT2D eigenvalue weighted by Gasteiger charge is 2.23. The maximum absolute atomic E-state index is 12.9. The number of aliphatic hydroxyl groups excluding tert-OH is 1. The molecule has 0 rings (SSSR count). The van der Waals surface area contributed by atoms with Gasteiger partial charge in [0.15, 0.2) is 0 Å². The molecule has 0 aromatic carbocycles. The van der Waals surface area contributed by atoms with Gasteiger partial charge in [-0.3, -0.25) is 9.36 Å². The number of hydrogen-bond acceptors (Lipinski definition) is 6. The summed E-state index contributed by atoms with van der Waals surface area (Å²) in [6, 6.07) is -0.933. The molecule has 0 saturated carbocycles. The Labute approximate surface area is 375 Å². The van der Waals surface area contributed by atoms with Crippen molar-refractivity contribution >= 4 is 13.7 Å². The average Bonchev–Trinajstić information content (AvgIpc) is 3.21. The topological polar surface area (TPSA) is 108 Å². The van der Waals surface area contributed by atoms with Crippen molar-refractivity contribution in [2.24, 2.45) is 0 Å². The number of quaternary nitrogens is 1. The third-order valence-electron chi connectivity index (χ3n) is 10.0. The number of amides is 1. The van der Waals surface area contributed by atoms with Gasteiger partial charge in [0.25, 0.3) is 7.82 Å². The lowest BCUT2D eigenvalue weighted by atomic mass is 10.0. The first kappa shape index (κ1) is 58.4. The van der Waals surface area contributed by atoms with Gasteiger partial charge in [0, 0.05) is 6.42 Å². The van der Waals surface area contributed by atoms with Crippen LogP contribution in [-0.2, 0) is 18.4 Å². The average molecular weight is 871 g/mol. The first-order valence-corrected chi connectivity index (χ1v) is 25.6. The first-order valence-electron chi connectivity index (χ1n) is 24.1. The number of unbranched alkanes of at least 4 members (excludes halogenated alkanes) is 15. The summed E-state index contributed by atoms with van der Waals surface area (Å²) in [5.41, 5.74) is 0. The number of phosphoric ester groups is 1. The minimum atomic E-state index is -4.62. The maximum atomic E-state index is 12.9. The molecule has 1 amide bonds. The van der Waals surface area contributed by atoms with E-state index in [-0.39, 0.29) is 18.9 Å². The minimum absolute atomic E-state index is 0.0205. The van der Waals surface area contributed by atoms with E-state index in [9.17, 15) is 19.4 Å². The second kappa shape index (κ2) is 42.7. The molecule has 0 aromatic rings. The molecular weight excluding hydrogens is 780 g/mol. The van der Waals surface area contributed by atoms with Gasteiger partial charge in [-0.2, -0.15) is 0 Å². The minimum Gasteiger partial charge on any atom is -0.756 e. The van der Waals surface area contributed by atoms with Crippen LogP contribution in [0, 0.1) is 0 Å². The molecule has 0 fully saturated rings. The van der Waals surface area contributed by atoms with Crippen molar-refractivity contribution < 1.29 is 32.9 Å². The quantitative estimate of drug-likeness (QED) is 0.0274. The summed E-state index contributed by atoms with van der Waals surface area (Å²) in [5, 5.41) is 13.8. The van der Waals surface area contributed by atoms with Crippen molar-refractivity contribution in [3.63, 3.8) is 0 Å². The van der Waals surface area contributed by atoms with Crippen LogP contribution in [0.4, 0.5) is 0 Å². The van der Waals surface area contributed by atoms with Crippen molar-refractivity contribution in [2.75, 3.05) is 40.9 Å².